The van der Waals surface area contributed by atoms with E-state index in [1.807, 2.05) is 6.07 Å². The van der Waals surface area contributed by atoms with E-state index >= 15 is 0 Å². The van der Waals surface area contributed by atoms with Crippen molar-refractivity contribution < 1.29 is 9.53 Å². The smallest absolute Gasteiger partial charge is 0.302 e. The van der Waals surface area contributed by atoms with Crippen molar-refractivity contribution in [2.45, 2.75) is 13.3 Å². The lowest BCUT2D eigenvalue weighted by molar-refractivity contribution is -0.140. The monoisotopic (exact) mass is 193 g/mol. The van der Waals surface area contributed by atoms with Crippen LogP contribution >= 0.6 is 0 Å². The van der Waals surface area contributed by atoms with Crippen molar-refractivity contribution in [3.8, 4) is 0 Å². The summed E-state index contributed by atoms with van der Waals surface area (Å²) in [6.45, 7) is 1.63. The van der Waals surface area contributed by atoms with Gasteiger partial charge < -0.3 is 4.74 Å². The Labute approximate surface area is 81.9 Å². The predicted octanol–water partition coefficient (Wildman–Crippen LogP) is 2.19. The van der Waals surface area contributed by atoms with Gasteiger partial charge in [0.05, 0.1) is 6.61 Å². The van der Waals surface area contributed by atoms with Gasteiger partial charge in [0.1, 0.15) is 5.69 Å². The zero-order chi connectivity index (χ0) is 10.4. The number of nitroso groups, excluding NO2 is 1. The van der Waals surface area contributed by atoms with Crippen molar-refractivity contribution in [3.63, 3.8) is 0 Å². The van der Waals surface area contributed by atoms with Crippen molar-refractivity contribution in [1.82, 2.24) is 0 Å². The van der Waals surface area contributed by atoms with Gasteiger partial charge in [0.15, 0.2) is 0 Å². The highest BCUT2D eigenvalue weighted by molar-refractivity contribution is 5.65. The van der Waals surface area contributed by atoms with Crippen LogP contribution in [-0.4, -0.2) is 12.6 Å². The molecule has 0 atom stereocenters. The second-order valence-electron chi connectivity index (χ2n) is 2.81. The summed E-state index contributed by atoms with van der Waals surface area (Å²) in [4.78, 5) is 20.8. The van der Waals surface area contributed by atoms with Crippen molar-refractivity contribution in [3.05, 3.63) is 34.7 Å². The molecule has 1 aromatic carbocycles. The predicted molar refractivity (Wildman–Crippen MR) is 52.2 cm³/mol. The molecular weight excluding hydrogens is 182 g/mol. The first-order chi connectivity index (χ1) is 6.74. The third kappa shape index (κ3) is 2.97. The van der Waals surface area contributed by atoms with Crippen molar-refractivity contribution in [1.29, 1.82) is 0 Å². The van der Waals surface area contributed by atoms with E-state index in [0.29, 0.717) is 12.1 Å². The molecule has 0 N–H and O–H groups in total. The number of hydrogen-bond acceptors (Lipinski definition) is 4. The van der Waals surface area contributed by atoms with E-state index in [0.717, 1.165) is 5.56 Å². The number of benzene rings is 1. The molecule has 1 aromatic rings. The summed E-state index contributed by atoms with van der Waals surface area (Å²) < 4.78 is 4.76. The van der Waals surface area contributed by atoms with Gasteiger partial charge in [-0.15, -0.1) is 4.91 Å². The standard InChI is InChI=1S/C10H11NO3/c1-8(12)14-7-6-9-4-2-3-5-10(9)11-13/h2-5H,6-7H2,1H3. The van der Waals surface area contributed by atoms with Crippen molar-refractivity contribution in [2.24, 2.45) is 5.18 Å². The van der Waals surface area contributed by atoms with Gasteiger partial charge in [-0.25, -0.2) is 0 Å². The molecule has 0 aromatic heterocycles. The molecule has 0 amide bonds. The second-order valence-corrected chi connectivity index (χ2v) is 2.81. The summed E-state index contributed by atoms with van der Waals surface area (Å²) in [5.74, 6) is -0.318. The van der Waals surface area contributed by atoms with Gasteiger partial charge in [-0.05, 0) is 16.8 Å². The Morgan fingerprint density at radius 1 is 1.43 bits per heavy atom. The van der Waals surface area contributed by atoms with E-state index in [2.05, 4.69) is 5.18 Å². The molecule has 0 aliphatic carbocycles. The number of esters is 1. The largest absolute Gasteiger partial charge is 0.466 e. The normalized spacial score (nSPS) is 9.50. The second kappa shape index (κ2) is 5.11. The molecule has 4 heteroatoms. The van der Waals surface area contributed by atoms with Crippen LogP contribution in [0.3, 0.4) is 0 Å². The van der Waals surface area contributed by atoms with Gasteiger partial charge >= 0.3 is 5.97 Å². The fourth-order valence-electron chi connectivity index (χ4n) is 1.12. The lowest BCUT2D eigenvalue weighted by Gasteiger charge is -2.03. The number of nitrogens with zero attached hydrogens (tertiary/aromatic N) is 1. The molecule has 0 saturated heterocycles. The van der Waals surface area contributed by atoms with Gasteiger partial charge in [0, 0.05) is 13.3 Å². The zero-order valence-electron chi connectivity index (χ0n) is 7.90. The van der Waals surface area contributed by atoms with E-state index in [4.69, 9.17) is 4.74 Å². The first kappa shape index (κ1) is 10.4. The van der Waals surface area contributed by atoms with Crippen LogP contribution in [0.2, 0.25) is 0 Å². The maximum atomic E-state index is 10.5. The molecule has 1 rings (SSSR count). The maximum Gasteiger partial charge on any atom is 0.302 e. The van der Waals surface area contributed by atoms with E-state index < -0.39 is 0 Å². The first-order valence-corrected chi connectivity index (χ1v) is 4.28. The minimum atomic E-state index is -0.318. The summed E-state index contributed by atoms with van der Waals surface area (Å²) in [6.07, 6.45) is 0.515. The Kier molecular flexibility index (Phi) is 3.79. The SMILES string of the molecule is CC(=O)OCCc1ccccc1N=O. The molecule has 4 nitrogen and oxygen atoms in total. The lowest BCUT2D eigenvalue weighted by atomic mass is 10.1. The molecule has 14 heavy (non-hydrogen) atoms. The lowest BCUT2D eigenvalue weighted by Crippen LogP contribution is -2.03. The number of ether oxygens (including phenoxy) is 1. The van der Waals surface area contributed by atoms with E-state index in [9.17, 15) is 9.70 Å². The molecule has 0 heterocycles. The fraction of sp³-hybridized carbons (Fsp3) is 0.300. The molecule has 0 bridgehead atoms. The maximum absolute atomic E-state index is 10.5. The third-order valence-corrected chi connectivity index (χ3v) is 1.77. The highest BCUT2D eigenvalue weighted by Crippen LogP contribution is 2.18. The number of hydrogen-bond donors (Lipinski definition) is 0. The molecule has 0 radical (unpaired) electrons. The van der Waals surface area contributed by atoms with Crippen molar-refractivity contribution >= 4 is 11.7 Å². The molecule has 0 unspecified atom stereocenters. The van der Waals surface area contributed by atoms with Crippen LogP contribution in [0, 0.1) is 4.91 Å². The minimum Gasteiger partial charge on any atom is -0.466 e. The summed E-state index contributed by atoms with van der Waals surface area (Å²) in [7, 11) is 0. The average molecular weight is 193 g/mol. The van der Waals surface area contributed by atoms with Crippen LogP contribution in [0.5, 0.6) is 0 Å². The molecule has 74 valence electrons. The Balaban J connectivity index is 2.57. The molecular formula is C10H11NO3. The number of carbonyl (C=O) groups is 1. The minimum absolute atomic E-state index is 0.280. The molecule has 0 aliphatic heterocycles. The molecule has 0 fully saturated rings. The summed E-state index contributed by atoms with van der Waals surface area (Å²) >= 11 is 0. The van der Waals surface area contributed by atoms with Crippen LogP contribution in [0.1, 0.15) is 12.5 Å². The zero-order valence-corrected chi connectivity index (χ0v) is 7.90. The van der Waals surface area contributed by atoms with Gasteiger partial charge in [-0.3, -0.25) is 4.79 Å². The van der Waals surface area contributed by atoms with Crippen LogP contribution in [0.4, 0.5) is 5.69 Å². The fourth-order valence-corrected chi connectivity index (χ4v) is 1.12. The Hall–Kier alpha value is -1.71. The van der Waals surface area contributed by atoms with Gasteiger partial charge in [-0.2, -0.15) is 0 Å². The van der Waals surface area contributed by atoms with Crippen molar-refractivity contribution in [2.75, 3.05) is 6.61 Å². The topological polar surface area (TPSA) is 55.7 Å². The number of carbonyl (C=O) groups excluding carboxylic acids is 1. The van der Waals surface area contributed by atoms with Gasteiger partial charge in [0.25, 0.3) is 0 Å². The molecule has 0 spiro atoms. The molecule has 0 aliphatic rings. The van der Waals surface area contributed by atoms with Gasteiger partial charge in [-0.1, -0.05) is 18.2 Å². The Morgan fingerprint density at radius 2 is 2.14 bits per heavy atom. The van der Waals surface area contributed by atoms with Crippen LogP contribution < -0.4 is 0 Å². The van der Waals surface area contributed by atoms with E-state index in [1.54, 1.807) is 18.2 Å². The van der Waals surface area contributed by atoms with Crippen LogP contribution in [0.25, 0.3) is 0 Å². The Bertz CT molecular complexity index is 336. The Morgan fingerprint density at radius 3 is 2.79 bits per heavy atom. The number of rotatable bonds is 4. The van der Waals surface area contributed by atoms with Crippen LogP contribution in [-0.2, 0) is 16.0 Å². The first-order valence-electron chi connectivity index (χ1n) is 4.28. The summed E-state index contributed by atoms with van der Waals surface area (Å²) in [5.41, 5.74) is 1.20. The summed E-state index contributed by atoms with van der Waals surface area (Å²) in [6, 6.07) is 6.99. The highest BCUT2D eigenvalue weighted by atomic mass is 16.5. The third-order valence-electron chi connectivity index (χ3n) is 1.77. The van der Waals surface area contributed by atoms with E-state index in [1.165, 1.54) is 6.92 Å². The highest BCUT2D eigenvalue weighted by Gasteiger charge is 2.02. The quantitative estimate of drug-likeness (QED) is 0.544. The van der Waals surface area contributed by atoms with Gasteiger partial charge in [0.2, 0.25) is 0 Å². The summed E-state index contributed by atoms with van der Waals surface area (Å²) in [5, 5.41) is 2.88. The van der Waals surface area contributed by atoms with E-state index in [-0.39, 0.29) is 12.6 Å². The van der Waals surface area contributed by atoms with Crippen LogP contribution in [0.15, 0.2) is 29.4 Å². The molecule has 0 saturated carbocycles. The average Bonchev–Trinajstić information content (AvgIpc) is 2.18.